The smallest absolute Gasteiger partial charge is 0.247 e. The highest BCUT2D eigenvalue weighted by atomic mass is 79.9. The maximum Gasteiger partial charge on any atom is 0.247 e. The molecule has 0 fully saturated rings. The number of hydrogen-bond donors (Lipinski definition) is 0. The molecule has 0 aliphatic heterocycles. The summed E-state index contributed by atoms with van der Waals surface area (Å²) in [4.78, 5) is 0. The van der Waals surface area contributed by atoms with E-state index >= 15 is 0 Å². The van der Waals surface area contributed by atoms with Gasteiger partial charge in [-0.2, -0.15) is 0 Å². The average Bonchev–Trinajstić information content (AvgIpc) is 1.14. The van der Waals surface area contributed by atoms with Crippen molar-refractivity contribution in [3.63, 3.8) is 0 Å². The van der Waals surface area contributed by atoms with Crippen LogP contribution in [0.5, 0.6) is 0 Å². The Morgan fingerprint density at radius 2 is 1.33 bits per heavy atom. The predicted octanol–water partition coefficient (Wildman–Crippen LogP) is 2.93. The second-order valence-corrected chi connectivity index (χ2v) is 17.1. The first-order valence-corrected chi connectivity index (χ1v) is 11.7. The highest BCUT2D eigenvalue weighted by molar-refractivity contribution is 9.25. The Labute approximate surface area is 67.6 Å². The molecule has 0 bridgehead atoms. The molecule has 56 valence electrons. The summed E-state index contributed by atoms with van der Waals surface area (Å²) >= 11 is 3.57. The van der Waals surface area contributed by atoms with Gasteiger partial charge in [-0.1, -0.05) is 15.3 Å². The van der Waals surface area contributed by atoms with Gasteiger partial charge in [-0.3, -0.25) is 0 Å². The van der Waals surface area contributed by atoms with Gasteiger partial charge < -0.3 is 4.12 Å². The van der Waals surface area contributed by atoms with Crippen molar-refractivity contribution >= 4 is 30.5 Å². The first-order valence-electron chi connectivity index (χ1n) is 3.10. The zero-order chi connectivity index (χ0) is 7.71. The van der Waals surface area contributed by atoms with Crippen LogP contribution in [-0.4, -0.2) is 15.3 Å². The normalized spacial score (nSPS) is 14.0. The monoisotopic (exact) mass is 226 g/mol. The molecule has 1 nitrogen and oxygen atoms in total. The van der Waals surface area contributed by atoms with Crippen LogP contribution in [0.4, 0.5) is 0 Å². The van der Waals surface area contributed by atoms with E-state index in [0.29, 0.717) is 0 Å². The third-order valence-electron chi connectivity index (χ3n) is 0.549. The van der Waals surface area contributed by atoms with Crippen molar-refractivity contribution in [3.05, 3.63) is 0 Å². The molecule has 0 aliphatic carbocycles. The molecule has 0 unspecified atom stereocenters. The van der Waals surface area contributed by atoms with Crippen LogP contribution in [0.3, 0.4) is 0 Å². The summed E-state index contributed by atoms with van der Waals surface area (Å²) in [6, 6.07) is 0. The molecule has 0 aromatic rings. The van der Waals surface area contributed by atoms with Gasteiger partial charge in [0.2, 0.25) is 6.94 Å². The molecule has 9 heavy (non-hydrogen) atoms. The molecule has 0 aromatic heterocycles. The zero-order valence-corrected chi connectivity index (χ0v) is 10.4. The fourth-order valence-corrected chi connectivity index (χ4v) is 10.9. The Morgan fingerprint density at radius 3 is 1.33 bits per heavy atom. The van der Waals surface area contributed by atoms with E-state index in [1.807, 2.05) is 0 Å². The average molecular weight is 227 g/mol. The lowest BCUT2D eigenvalue weighted by atomic mass is 11.8. The SMILES string of the molecule is C[Si](C)(C)O[Si](C)(C)Br. The van der Waals surface area contributed by atoms with E-state index in [9.17, 15) is 0 Å². The van der Waals surface area contributed by atoms with Crippen LogP contribution in [0.1, 0.15) is 0 Å². The topological polar surface area (TPSA) is 9.23 Å². The van der Waals surface area contributed by atoms with E-state index in [-0.39, 0.29) is 0 Å². The maximum absolute atomic E-state index is 5.82. The maximum atomic E-state index is 5.82. The van der Waals surface area contributed by atoms with Gasteiger partial charge >= 0.3 is 0 Å². The van der Waals surface area contributed by atoms with Crippen molar-refractivity contribution in [1.82, 2.24) is 0 Å². The van der Waals surface area contributed by atoms with Gasteiger partial charge in [0.25, 0.3) is 0 Å². The van der Waals surface area contributed by atoms with E-state index < -0.39 is 15.3 Å². The Morgan fingerprint density at radius 1 is 1.00 bits per heavy atom. The number of hydrogen-bond acceptors (Lipinski definition) is 1. The molecule has 0 rings (SSSR count). The van der Waals surface area contributed by atoms with Crippen molar-refractivity contribution in [1.29, 1.82) is 0 Å². The van der Waals surface area contributed by atoms with Gasteiger partial charge in [-0.05, 0) is 32.7 Å². The summed E-state index contributed by atoms with van der Waals surface area (Å²) in [5.41, 5.74) is 0. The standard InChI is InChI=1S/C5H15BrOSi2/c1-8(2,3)7-9(4,5)6/h1-5H3. The molecule has 0 aromatic carbocycles. The molecule has 0 spiro atoms. The summed E-state index contributed by atoms with van der Waals surface area (Å²) in [6.07, 6.45) is 0. The van der Waals surface area contributed by atoms with Crippen LogP contribution in [-0.2, 0) is 4.12 Å². The largest absolute Gasteiger partial charge is 0.448 e. The van der Waals surface area contributed by atoms with Crippen LogP contribution in [0.15, 0.2) is 0 Å². The van der Waals surface area contributed by atoms with Crippen molar-refractivity contribution in [3.8, 4) is 0 Å². The van der Waals surface area contributed by atoms with Crippen LogP contribution in [0.25, 0.3) is 0 Å². The van der Waals surface area contributed by atoms with E-state index in [2.05, 4.69) is 48.0 Å². The van der Waals surface area contributed by atoms with Gasteiger partial charge in [0.15, 0.2) is 8.32 Å². The molecule has 4 heteroatoms. The predicted molar refractivity (Wildman–Crippen MR) is 50.8 cm³/mol. The molecule has 0 heterocycles. The quantitative estimate of drug-likeness (QED) is 0.520. The third kappa shape index (κ3) is 8.87. The van der Waals surface area contributed by atoms with E-state index in [4.69, 9.17) is 4.12 Å². The molecule has 0 aliphatic rings. The molecule has 0 saturated heterocycles. The van der Waals surface area contributed by atoms with Crippen LogP contribution in [0, 0.1) is 0 Å². The molecule has 0 saturated carbocycles. The molecular weight excluding hydrogens is 212 g/mol. The van der Waals surface area contributed by atoms with Crippen molar-refractivity contribution < 1.29 is 4.12 Å². The highest BCUT2D eigenvalue weighted by Gasteiger charge is 2.26. The number of rotatable bonds is 2. The van der Waals surface area contributed by atoms with Crippen LogP contribution < -0.4 is 0 Å². The van der Waals surface area contributed by atoms with Crippen LogP contribution in [0.2, 0.25) is 32.7 Å². The van der Waals surface area contributed by atoms with Crippen molar-refractivity contribution in [2.45, 2.75) is 32.7 Å². The molecule has 0 radical (unpaired) electrons. The van der Waals surface area contributed by atoms with Crippen molar-refractivity contribution in [2.75, 3.05) is 0 Å². The lowest BCUT2D eigenvalue weighted by molar-refractivity contribution is 0.577. The highest BCUT2D eigenvalue weighted by Crippen LogP contribution is 2.18. The second kappa shape index (κ2) is 2.86. The summed E-state index contributed by atoms with van der Waals surface area (Å²) < 4.78 is 5.82. The minimum atomic E-state index is -1.42. The Bertz CT molecular complexity index is 80.1. The van der Waals surface area contributed by atoms with Crippen LogP contribution >= 0.6 is 15.3 Å². The number of halogens is 1. The molecule has 0 amide bonds. The summed E-state index contributed by atoms with van der Waals surface area (Å²) in [5.74, 6) is 0. The van der Waals surface area contributed by atoms with Gasteiger partial charge in [0, 0.05) is 0 Å². The summed E-state index contributed by atoms with van der Waals surface area (Å²) in [6.45, 7) is 9.53. The fraction of sp³-hybridized carbons (Fsp3) is 1.00. The fourth-order valence-electron chi connectivity index (χ4n) is 0.728. The molecule has 0 N–H and O–H groups in total. The zero-order valence-electron chi connectivity index (χ0n) is 6.79. The Balaban J connectivity index is 3.75. The molecular formula is C5H15BrOSi2. The van der Waals surface area contributed by atoms with Gasteiger partial charge in [0.1, 0.15) is 0 Å². The summed E-state index contributed by atoms with van der Waals surface area (Å²) in [7, 11) is -1.28. The Kier molecular flexibility index (Phi) is 3.14. The molecule has 0 atom stereocenters. The van der Waals surface area contributed by atoms with Gasteiger partial charge in [0.05, 0.1) is 0 Å². The minimum absolute atomic E-state index is 1.28. The Hall–Kier alpha value is 0.874. The first-order chi connectivity index (χ1) is 3.71. The van der Waals surface area contributed by atoms with E-state index in [1.54, 1.807) is 0 Å². The first kappa shape index (κ1) is 9.87. The lowest BCUT2D eigenvalue weighted by Gasteiger charge is -2.26. The van der Waals surface area contributed by atoms with E-state index in [0.717, 1.165) is 0 Å². The summed E-state index contributed by atoms with van der Waals surface area (Å²) in [5, 5.41) is 0. The third-order valence-corrected chi connectivity index (χ3v) is 6.40. The minimum Gasteiger partial charge on any atom is -0.448 e. The lowest BCUT2D eigenvalue weighted by Crippen LogP contribution is -2.37. The second-order valence-electron chi connectivity index (χ2n) is 3.58. The van der Waals surface area contributed by atoms with Gasteiger partial charge in [-0.15, -0.1) is 0 Å². The van der Waals surface area contributed by atoms with Gasteiger partial charge in [-0.25, -0.2) is 0 Å². The van der Waals surface area contributed by atoms with Crippen molar-refractivity contribution in [2.24, 2.45) is 0 Å². The van der Waals surface area contributed by atoms with E-state index in [1.165, 1.54) is 0 Å².